The first-order valence-electron chi connectivity index (χ1n) is 7.32. The van der Waals surface area contributed by atoms with Gasteiger partial charge in [0.1, 0.15) is 5.82 Å². The summed E-state index contributed by atoms with van der Waals surface area (Å²) in [7, 11) is 0. The lowest BCUT2D eigenvalue weighted by Gasteiger charge is -2.32. The number of carbonyl (C=O) groups excluding carboxylic acids is 1. The quantitative estimate of drug-likeness (QED) is 0.642. The van der Waals surface area contributed by atoms with Gasteiger partial charge in [0.15, 0.2) is 0 Å². The van der Waals surface area contributed by atoms with Crippen molar-refractivity contribution in [2.75, 3.05) is 5.32 Å². The Morgan fingerprint density at radius 1 is 1.07 bits per heavy atom. The predicted molar refractivity (Wildman–Crippen MR) is 86.7 cm³/mol. The van der Waals surface area contributed by atoms with Crippen LogP contribution in [0.25, 0.3) is 0 Å². The number of anilines is 1. The van der Waals surface area contributed by atoms with Gasteiger partial charge in [0.2, 0.25) is 5.91 Å². The largest absolute Gasteiger partial charge is 0.430 e. The molecule has 0 aliphatic carbocycles. The van der Waals surface area contributed by atoms with Gasteiger partial charge in [-0.25, -0.2) is 4.39 Å². The van der Waals surface area contributed by atoms with E-state index >= 15 is 0 Å². The molecule has 1 aromatic heterocycles. The number of pyridine rings is 1. The number of hydrogen-bond acceptors (Lipinski definition) is 3. The van der Waals surface area contributed by atoms with Gasteiger partial charge >= 0.3 is 12.4 Å². The number of aromatic nitrogens is 1. The molecule has 1 heterocycles. The fourth-order valence-electron chi connectivity index (χ4n) is 2.23. The van der Waals surface area contributed by atoms with Gasteiger partial charge in [-0.15, -0.1) is 0 Å². The van der Waals surface area contributed by atoms with Crippen molar-refractivity contribution in [2.45, 2.75) is 24.4 Å². The highest BCUT2D eigenvalue weighted by atomic mass is 79.9. The van der Waals surface area contributed by atoms with E-state index in [4.69, 9.17) is 0 Å². The summed E-state index contributed by atoms with van der Waals surface area (Å²) in [5, 5.41) is 11.4. The van der Waals surface area contributed by atoms with Gasteiger partial charge in [-0.1, -0.05) is 6.07 Å². The van der Waals surface area contributed by atoms with E-state index in [-0.39, 0.29) is 18.6 Å². The number of nitrogens with one attached hydrogen (secondary N) is 1. The molecule has 0 aliphatic heterocycles. The Hall–Kier alpha value is -2.21. The molecule has 1 amide bonds. The van der Waals surface area contributed by atoms with Crippen LogP contribution < -0.4 is 5.32 Å². The number of hydrogen-bond donors (Lipinski definition) is 2. The Labute approximate surface area is 161 Å². The highest BCUT2D eigenvalue weighted by molar-refractivity contribution is 9.10. The van der Waals surface area contributed by atoms with Crippen molar-refractivity contribution < 1.29 is 40.6 Å². The number of carbonyl (C=O) groups is 1. The Bertz CT molecular complexity index is 853. The van der Waals surface area contributed by atoms with E-state index in [0.29, 0.717) is 16.2 Å². The monoisotopic (exact) mass is 474 g/mol. The van der Waals surface area contributed by atoms with E-state index < -0.39 is 40.9 Å². The van der Waals surface area contributed by atoms with E-state index in [2.05, 4.69) is 26.2 Å². The molecule has 0 radical (unpaired) electrons. The third-order valence-electron chi connectivity index (χ3n) is 3.59. The van der Waals surface area contributed by atoms with Crippen LogP contribution >= 0.6 is 15.9 Å². The van der Waals surface area contributed by atoms with Gasteiger partial charge in [0.05, 0.1) is 6.42 Å². The number of amides is 1. The van der Waals surface area contributed by atoms with Crippen molar-refractivity contribution in [2.24, 2.45) is 0 Å². The molecular formula is C16H10BrF7N2O2. The molecular weight excluding hydrogens is 465 g/mol. The maximum absolute atomic E-state index is 14.0. The molecule has 0 bridgehead atoms. The van der Waals surface area contributed by atoms with E-state index in [1.165, 1.54) is 12.3 Å². The first-order valence-corrected chi connectivity index (χ1v) is 8.11. The summed E-state index contributed by atoms with van der Waals surface area (Å²) in [5.41, 5.74) is -7.50. The van der Waals surface area contributed by atoms with Gasteiger partial charge in [-0.05, 0) is 40.2 Å². The highest BCUT2D eigenvalue weighted by Gasteiger charge is 2.72. The van der Waals surface area contributed by atoms with Crippen LogP contribution in [0.15, 0.2) is 41.0 Å². The smallest absolute Gasteiger partial charge is 0.369 e. The average molecular weight is 475 g/mol. The summed E-state index contributed by atoms with van der Waals surface area (Å²) in [5.74, 6) is -2.72. The molecule has 0 atom stereocenters. The number of rotatable bonds is 4. The molecule has 0 aliphatic rings. The van der Waals surface area contributed by atoms with Crippen LogP contribution in [-0.4, -0.2) is 28.4 Å². The zero-order chi connectivity index (χ0) is 21.3. The minimum absolute atomic E-state index is 0.115. The molecule has 152 valence electrons. The van der Waals surface area contributed by atoms with E-state index in [1.807, 2.05) is 0 Å². The molecule has 28 heavy (non-hydrogen) atoms. The molecule has 12 heteroatoms. The molecule has 0 unspecified atom stereocenters. The van der Waals surface area contributed by atoms with Gasteiger partial charge in [0.25, 0.3) is 5.60 Å². The van der Waals surface area contributed by atoms with Gasteiger partial charge in [-0.2, -0.15) is 26.3 Å². The third-order valence-corrected chi connectivity index (χ3v) is 4.06. The number of nitrogens with zero attached hydrogens (tertiary/aromatic N) is 1. The lowest BCUT2D eigenvalue weighted by molar-refractivity contribution is -0.377. The lowest BCUT2D eigenvalue weighted by Crippen LogP contribution is -2.54. The van der Waals surface area contributed by atoms with Crippen LogP contribution in [0.5, 0.6) is 0 Å². The van der Waals surface area contributed by atoms with Crippen molar-refractivity contribution in [1.82, 2.24) is 4.98 Å². The van der Waals surface area contributed by atoms with Crippen molar-refractivity contribution in [3.63, 3.8) is 0 Å². The van der Waals surface area contributed by atoms with E-state index in [9.17, 15) is 40.6 Å². The number of aliphatic hydroxyl groups is 1. The van der Waals surface area contributed by atoms with Crippen LogP contribution in [0.3, 0.4) is 0 Å². The zero-order valence-corrected chi connectivity index (χ0v) is 15.1. The molecule has 0 saturated carbocycles. The molecule has 1 aromatic carbocycles. The standard InChI is InChI=1S/C16H10BrF7N2O2/c17-8-1-2-9(25-7-8)6-13(27)26-10-3-4-11(12(18)5-10)14(28,15(19,20)21)16(22,23)24/h1-5,7,28H,6H2,(H,26,27). The number of alkyl halides is 6. The Balaban J connectivity index is 2.26. The Kier molecular flexibility index (Phi) is 6.04. The predicted octanol–water partition coefficient (Wildman–Crippen LogP) is 4.48. The molecule has 2 aromatic rings. The van der Waals surface area contributed by atoms with Crippen LogP contribution in [0.4, 0.5) is 36.4 Å². The van der Waals surface area contributed by atoms with E-state index in [0.717, 1.165) is 0 Å². The van der Waals surface area contributed by atoms with Crippen molar-refractivity contribution in [1.29, 1.82) is 0 Å². The van der Waals surface area contributed by atoms with Crippen molar-refractivity contribution >= 4 is 27.5 Å². The average Bonchev–Trinajstić information content (AvgIpc) is 2.54. The number of halogens is 8. The molecule has 0 fully saturated rings. The minimum atomic E-state index is -6.22. The SMILES string of the molecule is O=C(Cc1ccc(Br)cn1)Nc1ccc(C(O)(C(F)(F)F)C(F)(F)F)c(F)c1. The molecule has 4 nitrogen and oxygen atoms in total. The van der Waals surface area contributed by atoms with Crippen LogP contribution in [0.1, 0.15) is 11.3 Å². The van der Waals surface area contributed by atoms with Gasteiger partial charge < -0.3 is 10.4 Å². The first-order chi connectivity index (χ1) is 12.8. The molecule has 2 N–H and O–H groups in total. The maximum atomic E-state index is 14.0. The Morgan fingerprint density at radius 3 is 2.14 bits per heavy atom. The van der Waals surface area contributed by atoms with Gasteiger partial charge in [0, 0.05) is 27.6 Å². The molecule has 0 spiro atoms. The van der Waals surface area contributed by atoms with Crippen LogP contribution in [-0.2, 0) is 16.8 Å². The second-order valence-electron chi connectivity index (χ2n) is 5.59. The summed E-state index contributed by atoms with van der Waals surface area (Å²) in [4.78, 5) is 15.8. The van der Waals surface area contributed by atoms with Crippen LogP contribution in [0, 0.1) is 5.82 Å². The zero-order valence-electron chi connectivity index (χ0n) is 13.5. The molecule has 0 saturated heterocycles. The fraction of sp³-hybridized carbons (Fsp3) is 0.250. The summed E-state index contributed by atoms with van der Waals surface area (Å²) < 4.78 is 91.6. The second-order valence-corrected chi connectivity index (χ2v) is 6.51. The minimum Gasteiger partial charge on any atom is -0.369 e. The van der Waals surface area contributed by atoms with Crippen LogP contribution in [0.2, 0.25) is 0 Å². The summed E-state index contributed by atoms with van der Waals surface area (Å²) in [6, 6.07) is 4.08. The van der Waals surface area contributed by atoms with E-state index in [1.54, 1.807) is 6.07 Å². The summed E-state index contributed by atoms with van der Waals surface area (Å²) in [6.45, 7) is 0. The first kappa shape index (κ1) is 22.1. The highest BCUT2D eigenvalue weighted by Crippen LogP contribution is 2.50. The van der Waals surface area contributed by atoms with Crippen molar-refractivity contribution in [3.8, 4) is 0 Å². The van der Waals surface area contributed by atoms with Crippen molar-refractivity contribution in [3.05, 3.63) is 58.1 Å². The fourth-order valence-corrected chi connectivity index (χ4v) is 2.47. The Morgan fingerprint density at radius 2 is 1.68 bits per heavy atom. The topological polar surface area (TPSA) is 62.2 Å². The lowest BCUT2D eigenvalue weighted by atomic mass is 9.91. The number of benzene rings is 1. The second kappa shape index (κ2) is 7.66. The maximum Gasteiger partial charge on any atom is 0.430 e. The summed E-state index contributed by atoms with van der Waals surface area (Å²) in [6.07, 6.45) is -11.3. The van der Waals surface area contributed by atoms with Gasteiger partial charge in [-0.3, -0.25) is 9.78 Å². The summed E-state index contributed by atoms with van der Waals surface area (Å²) >= 11 is 3.14. The normalized spacial score (nSPS) is 12.8. The molecule has 2 rings (SSSR count). The third kappa shape index (κ3) is 4.43.